The topological polar surface area (TPSA) is 44.0 Å². The molecule has 1 aromatic carbocycles. The van der Waals surface area contributed by atoms with Gasteiger partial charge in [0.15, 0.2) is 0 Å². The molecule has 0 atom stereocenters. The summed E-state index contributed by atoms with van der Waals surface area (Å²) in [5, 5.41) is 19.2. The summed E-state index contributed by atoms with van der Waals surface area (Å²) in [6.45, 7) is 0.0115. The molecular formula is C10H6ClNOS. The summed E-state index contributed by atoms with van der Waals surface area (Å²) in [5.41, 5.74) is 0.550. The molecule has 4 heteroatoms. The first-order valence-electron chi connectivity index (χ1n) is 3.97. The highest BCUT2D eigenvalue weighted by atomic mass is 35.5. The smallest absolute Gasteiger partial charge is 0.0992 e. The van der Waals surface area contributed by atoms with Crippen LogP contribution in [0.5, 0.6) is 0 Å². The number of hydrogen-bond acceptors (Lipinski definition) is 3. The molecule has 14 heavy (non-hydrogen) atoms. The van der Waals surface area contributed by atoms with Crippen LogP contribution in [-0.4, -0.2) is 5.11 Å². The molecule has 0 spiro atoms. The lowest BCUT2D eigenvalue weighted by atomic mass is 10.2. The molecule has 0 fully saturated rings. The van der Waals surface area contributed by atoms with Crippen LogP contribution in [0.4, 0.5) is 0 Å². The molecule has 2 aromatic rings. The van der Waals surface area contributed by atoms with Crippen molar-refractivity contribution in [1.82, 2.24) is 0 Å². The first-order valence-corrected chi connectivity index (χ1v) is 5.17. The first-order chi connectivity index (χ1) is 6.74. The number of benzene rings is 1. The van der Waals surface area contributed by atoms with Crippen LogP contribution in [-0.2, 0) is 6.61 Å². The molecular weight excluding hydrogens is 218 g/mol. The van der Waals surface area contributed by atoms with E-state index in [0.29, 0.717) is 10.6 Å². The Bertz CT molecular complexity index is 527. The molecule has 0 amide bonds. The number of hydrogen-bond donors (Lipinski definition) is 1. The van der Waals surface area contributed by atoms with Crippen LogP contribution in [0.15, 0.2) is 18.2 Å². The van der Waals surface area contributed by atoms with Crippen molar-refractivity contribution in [2.45, 2.75) is 6.61 Å². The third-order valence-corrected chi connectivity index (χ3v) is 3.30. The van der Waals surface area contributed by atoms with Crippen molar-refractivity contribution in [3.8, 4) is 6.07 Å². The van der Waals surface area contributed by atoms with Gasteiger partial charge in [0.05, 0.1) is 23.3 Å². The third-order valence-electron chi connectivity index (χ3n) is 1.92. The Morgan fingerprint density at radius 2 is 2.21 bits per heavy atom. The SMILES string of the molecule is N#Cc1cc(Cl)c2cc(CO)sc2c1. The fourth-order valence-corrected chi connectivity index (χ4v) is 2.61. The average Bonchev–Trinajstić information content (AvgIpc) is 2.61. The van der Waals surface area contributed by atoms with E-state index in [0.717, 1.165) is 15.0 Å². The summed E-state index contributed by atoms with van der Waals surface area (Å²) in [4.78, 5) is 0.858. The molecule has 70 valence electrons. The van der Waals surface area contributed by atoms with Gasteiger partial charge in [-0.25, -0.2) is 0 Å². The summed E-state index contributed by atoms with van der Waals surface area (Å²) >= 11 is 7.44. The molecule has 0 aliphatic rings. The third kappa shape index (κ3) is 1.48. The number of halogens is 1. The maximum absolute atomic E-state index is 8.96. The first kappa shape index (κ1) is 9.47. The minimum absolute atomic E-state index is 0.0115. The Balaban J connectivity index is 2.75. The Hall–Kier alpha value is -1.08. The molecule has 0 unspecified atom stereocenters. The van der Waals surface area contributed by atoms with Crippen LogP contribution < -0.4 is 0 Å². The maximum atomic E-state index is 8.96. The Labute approximate surface area is 90.0 Å². The van der Waals surface area contributed by atoms with Gasteiger partial charge in [0.2, 0.25) is 0 Å². The van der Waals surface area contributed by atoms with Gasteiger partial charge in [0.1, 0.15) is 0 Å². The second kappa shape index (κ2) is 3.58. The predicted molar refractivity (Wildman–Crippen MR) is 57.5 cm³/mol. The number of fused-ring (bicyclic) bond motifs is 1. The standard InChI is InChI=1S/C10H6ClNOS/c11-9-1-6(4-12)2-10-8(9)3-7(5-13)14-10/h1-3,13H,5H2. The molecule has 2 nitrogen and oxygen atoms in total. The van der Waals surface area contributed by atoms with E-state index in [4.69, 9.17) is 22.0 Å². The number of nitrogens with zero attached hydrogens (tertiary/aromatic N) is 1. The summed E-state index contributed by atoms with van der Waals surface area (Å²) in [6, 6.07) is 7.32. The average molecular weight is 224 g/mol. The van der Waals surface area contributed by atoms with Gasteiger partial charge in [-0.3, -0.25) is 0 Å². The highest BCUT2D eigenvalue weighted by Crippen LogP contribution is 2.32. The fraction of sp³-hybridized carbons (Fsp3) is 0.100. The zero-order valence-electron chi connectivity index (χ0n) is 7.12. The highest BCUT2D eigenvalue weighted by molar-refractivity contribution is 7.19. The van der Waals surface area contributed by atoms with Crippen LogP contribution in [0.2, 0.25) is 5.02 Å². The quantitative estimate of drug-likeness (QED) is 0.808. The number of nitriles is 1. The van der Waals surface area contributed by atoms with Gasteiger partial charge < -0.3 is 5.11 Å². The molecule has 2 rings (SSSR count). The van der Waals surface area contributed by atoms with E-state index >= 15 is 0 Å². The molecule has 1 heterocycles. The molecule has 0 saturated heterocycles. The van der Waals surface area contributed by atoms with Gasteiger partial charge >= 0.3 is 0 Å². The van der Waals surface area contributed by atoms with Crippen molar-refractivity contribution < 1.29 is 5.11 Å². The highest BCUT2D eigenvalue weighted by Gasteiger charge is 2.06. The van der Waals surface area contributed by atoms with E-state index in [1.807, 2.05) is 12.1 Å². The summed E-state index contributed by atoms with van der Waals surface area (Å²) < 4.78 is 0.943. The van der Waals surface area contributed by atoms with E-state index in [1.54, 1.807) is 12.1 Å². The van der Waals surface area contributed by atoms with E-state index in [1.165, 1.54) is 11.3 Å². The van der Waals surface area contributed by atoms with Gasteiger partial charge in [-0.2, -0.15) is 5.26 Å². The fourth-order valence-electron chi connectivity index (χ4n) is 1.29. The van der Waals surface area contributed by atoms with E-state index in [9.17, 15) is 0 Å². The van der Waals surface area contributed by atoms with Gasteiger partial charge in [-0.15, -0.1) is 11.3 Å². The van der Waals surface area contributed by atoms with Gasteiger partial charge in [0, 0.05) is 15.0 Å². The van der Waals surface area contributed by atoms with E-state index < -0.39 is 0 Å². The molecule has 0 saturated carbocycles. The normalized spacial score (nSPS) is 10.4. The Kier molecular flexibility index (Phi) is 2.42. The van der Waals surface area contributed by atoms with Crippen molar-refractivity contribution >= 4 is 33.0 Å². The van der Waals surface area contributed by atoms with Crippen molar-refractivity contribution in [1.29, 1.82) is 5.26 Å². The van der Waals surface area contributed by atoms with Crippen LogP contribution in [0.25, 0.3) is 10.1 Å². The lowest BCUT2D eigenvalue weighted by molar-refractivity contribution is 0.285. The van der Waals surface area contributed by atoms with Crippen LogP contribution >= 0.6 is 22.9 Å². The molecule has 0 radical (unpaired) electrons. The molecule has 0 bridgehead atoms. The minimum atomic E-state index is 0.0115. The second-order valence-corrected chi connectivity index (χ2v) is 4.43. The second-order valence-electron chi connectivity index (χ2n) is 2.85. The number of aliphatic hydroxyl groups is 1. The summed E-state index contributed by atoms with van der Waals surface area (Å²) in [6.07, 6.45) is 0. The Morgan fingerprint density at radius 1 is 1.43 bits per heavy atom. The number of aliphatic hydroxyl groups excluding tert-OH is 1. The lowest BCUT2D eigenvalue weighted by Gasteiger charge is -1.93. The van der Waals surface area contributed by atoms with Gasteiger partial charge in [-0.1, -0.05) is 11.6 Å². The number of thiophene rings is 1. The van der Waals surface area contributed by atoms with Crippen LogP contribution in [0.3, 0.4) is 0 Å². The number of rotatable bonds is 1. The van der Waals surface area contributed by atoms with Crippen molar-refractivity contribution in [2.75, 3.05) is 0 Å². The zero-order chi connectivity index (χ0) is 10.1. The van der Waals surface area contributed by atoms with Crippen molar-refractivity contribution in [3.63, 3.8) is 0 Å². The summed E-state index contributed by atoms with van der Waals surface area (Å²) in [7, 11) is 0. The molecule has 0 aliphatic heterocycles. The predicted octanol–water partition coefficient (Wildman–Crippen LogP) is 2.92. The van der Waals surface area contributed by atoms with Crippen molar-refractivity contribution in [3.05, 3.63) is 33.7 Å². The largest absolute Gasteiger partial charge is 0.391 e. The zero-order valence-corrected chi connectivity index (χ0v) is 8.69. The van der Waals surface area contributed by atoms with E-state index in [-0.39, 0.29) is 6.61 Å². The molecule has 0 aliphatic carbocycles. The van der Waals surface area contributed by atoms with E-state index in [2.05, 4.69) is 0 Å². The minimum Gasteiger partial charge on any atom is -0.391 e. The maximum Gasteiger partial charge on any atom is 0.0992 e. The van der Waals surface area contributed by atoms with Gasteiger partial charge in [0.25, 0.3) is 0 Å². The van der Waals surface area contributed by atoms with Gasteiger partial charge in [-0.05, 0) is 18.2 Å². The lowest BCUT2D eigenvalue weighted by Crippen LogP contribution is -1.73. The Morgan fingerprint density at radius 3 is 2.86 bits per heavy atom. The van der Waals surface area contributed by atoms with Crippen LogP contribution in [0.1, 0.15) is 10.4 Å². The van der Waals surface area contributed by atoms with Crippen LogP contribution in [0, 0.1) is 11.3 Å². The molecule has 1 aromatic heterocycles. The monoisotopic (exact) mass is 223 g/mol. The van der Waals surface area contributed by atoms with Crippen molar-refractivity contribution in [2.24, 2.45) is 0 Å². The molecule has 1 N–H and O–H groups in total. The summed E-state index contributed by atoms with van der Waals surface area (Å²) in [5.74, 6) is 0.